The van der Waals surface area contributed by atoms with Gasteiger partial charge >= 0.3 is 0 Å². The van der Waals surface area contributed by atoms with Crippen LogP contribution in [-0.4, -0.2) is 12.6 Å². The highest BCUT2D eigenvalue weighted by Gasteiger charge is 2.23. The fraction of sp³-hybridized carbons (Fsp3) is 0.250. The maximum Gasteiger partial charge on any atom is 0.123 e. The molecule has 3 rings (SSSR count). The van der Waals surface area contributed by atoms with Crippen LogP contribution in [0.1, 0.15) is 11.1 Å². The van der Waals surface area contributed by atoms with E-state index in [0.29, 0.717) is 6.54 Å². The van der Waals surface area contributed by atoms with E-state index in [-0.39, 0.29) is 11.9 Å². The third kappa shape index (κ3) is 2.59. The van der Waals surface area contributed by atoms with Gasteiger partial charge in [-0.2, -0.15) is 0 Å². The second kappa shape index (κ2) is 5.33. The molecule has 1 aliphatic heterocycles. The van der Waals surface area contributed by atoms with Crippen molar-refractivity contribution in [3.8, 4) is 5.75 Å². The molecule has 0 radical (unpaired) electrons. The van der Waals surface area contributed by atoms with Crippen molar-refractivity contribution in [3.05, 3.63) is 58.4 Å². The van der Waals surface area contributed by atoms with E-state index in [0.717, 1.165) is 34.0 Å². The lowest BCUT2D eigenvalue weighted by atomic mass is 10.1. The second-order valence-corrected chi connectivity index (χ2v) is 5.40. The van der Waals surface area contributed by atoms with Gasteiger partial charge in [-0.05, 0) is 42.8 Å². The molecule has 0 aromatic heterocycles. The standard InChI is InChI=1S/C16H15ClFNO/c1-10-14(17)3-2-4-15(10)19-9-13-8-11-7-12(18)5-6-16(11)20-13/h2-7,13,19H,8-9H2,1H3. The molecule has 4 heteroatoms. The van der Waals surface area contributed by atoms with Crippen molar-refractivity contribution in [3.63, 3.8) is 0 Å². The summed E-state index contributed by atoms with van der Waals surface area (Å²) in [5.41, 5.74) is 2.96. The number of nitrogens with one attached hydrogen (secondary N) is 1. The summed E-state index contributed by atoms with van der Waals surface area (Å²) in [5.74, 6) is 0.563. The van der Waals surface area contributed by atoms with Gasteiger partial charge in [-0.25, -0.2) is 4.39 Å². The number of hydrogen-bond acceptors (Lipinski definition) is 2. The van der Waals surface area contributed by atoms with Crippen molar-refractivity contribution < 1.29 is 9.13 Å². The second-order valence-electron chi connectivity index (χ2n) is 4.99. The Morgan fingerprint density at radius 1 is 1.35 bits per heavy atom. The molecule has 0 saturated carbocycles. The molecular weight excluding hydrogens is 277 g/mol. The number of benzene rings is 2. The highest BCUT2D eigenvalue weighted by atomic mass is 35.5. The van der Waals surface area contributed by atoms with Crippen LogP contribution < -0.4 is 10.1 Å². The van der Waals surface area contributed by atoms with E-state index in [1.807, 2.05) is 25.1 Å². The molecule has 1 heterocycles. The topological polar surface area (TPSA) is 21.3 Å². The summed E-state index contributed by atoms with van der Waals surface area (Å²) in [5, 5.41) is 4.09. The molecule has 2 nitrogen and oxygen atoms in total. The molecule has 104 valence electrons. The Morgan fingerprint density at radius 3 is 3.05 bits per heavy atom. The lowest BCUT2D eigenvalue weighted by Gasteiger charge is -2.15. The van der Waals surface area contributed by atoms with E-state index in [4.69, 9.17) is 16.3 Å². The maximum atomic E-state index is 13.2. The van der Waals surface area contributed by atoms with Crippen LogP contribution in [0.15, 0.2) is 36.4 Å². The van der Waals surface area contributed by atoms with Crippen LogP contribution >= 0.6 is 11.6 Å². The zero-order valence-electron chi connectivity index (χ0n) is 11.1. The Bertz CT molecular complexity index is 644. The molecule has 0 bridgehead atoms. The minimum atomic E-state index is -0.216. The van der Waals surface area contributed by atoms with Crippen LogP contribution in [0.25, 0.3) is 0 Å². The van der Waals surface area contributed by atoms with E-state index >= 15 is 0 Å². The Kier molecular flexibility index (Phi) is 3.53. The van der Waals surface area contributed by atoms with Crippen LogP contribution in [0, 0.1) is 12.7 Å². The van der Waals surface area contributed by atoms with Gasteiger partial charge in [-0.3, -0.25) is 0 Å². The van der Waals surface area contributed by atoms with Crippen molar-refractivity contribution in [1.29, 1.82) is 0 Å². The number of fused-ring (bicyclic) bond motifs is 1. The zero-order valence-corrected chi connectivity index (χ0v) is 11.9. The minimum absolute atomic E-state index is 0.0187. The van der Waals surface area contributed by atoms with E-state index in [2.05, 4.69) is 5.32 Å². The summed E-state index contributed by atoms with van der Waals surface area (Å²) < 4.78 is 18.9. The highest BCUT2D eigenvalue weighted by molar-refractivity contribution is 6.31. The highest BCUT2D eigenvalue weighted by Crippen LogP contribution is 2.30. The average molecular weight is 292 g/mol. The first-order valence-electron chi connectivity index (χ1n) is 6.57. The first-order chi connectivity index (χ1) is 9.63. The first-order valence-corrected chi connectivity index (χ1v) is 6.95. The van der Waals surface area contributed by atoms with Crippen LogP contribution in [0.4, 0.5) is 10.1 Å². The predicted molar refractivity (Wildman–Crippen MR) is 79.2 cm³/mol. The molecule has 1 atom stereocenters. The molecule has 0 amide bonds. The van der Waals surface area contributed by atoms with Gasteiger partial charge in [-0.15, -0.1) is 0 Å². The van der Waals surface area contributed by atoms with Gasteiger partial charge in [0.05, 0.1) is 6.54 Å². The van der Waals surface area contributed by atoms with E-state index in [1.54, 1.807) is 12.1 Å². The lowest BCUT2D eigenvalue weighted by Crippen LogP contribution is -2.24. The molecule has 1 N–H and O–H groups in total. The summed E-state index contributed by atoms with van der Waals surface area (Å²) in [6, 6.07) is 10.4. The molecule has 2 aromatic carbocycles. The molecule has 0 fully saturated rings. The molecule has 1 unspecified atom stereocenters. The van der Waals surface area contributed by atoms with Crippen LogP contribution in [0.5, 0.6) is 5.75 Å². The van der Waals surface area contributed by atoms with Crippen molar-refractivity contribution in [1.82, 2.24) is 0 Å². The Morgan fingerprint density at radius 2 is 2.20 bits per heavy atom. The van der Waals surface area contributed by atoms with Crippen molar-refractivity contribution in [2.75, 3.05) is 11.9 Å². The summed E-state index contributed by atoms with van der Waals surface area (Å²) in [6.07, 6.45) is 0.741. The van der Waals surface area contributed by atoms with Crippen LogP contribution in [0.2, 0.25) is 5.02 Å². The predicted octanol–water partition coefficient (Wildman–Crippen LogP) is 4.20. The van der Waals surface area contributed by atoms with E-state index < -0.39 is 0 Å². The Balaban J connectivity index is 1.65. The van der Waals surface area contributed by atoms with E-state index in [1.165, 1.54) is 6.07 Å². The van der Waals surface area contributed by atoms with Gasteiger partial charge in [0.2, 0.25) is 0 Å². The number of hydrogen-bond donors (Lipinski definition) is 1. The largest absolute Gasteiger partial charge is 0.488 e. The van der Waals surface area contributed by atoms with Gasteiger partial charge in [-0.1, -0.05) is 17.7 Å². The van der Waals surface area contributed by atoms with Gasteiger partial charge in [0.25, 0.3) is 0 Å². The van der Waals surface area contributed by atoms with Crippen LogP contribution in [0.3, 0.4) is 0 Å². The Labute approximate surface area is 122 Å². The van der Waals surface area contributed by atoms with E-state index in [9.17, 15) is 4.39 Å². The first kappa shape index (κ1) is 13.3. The zero-order chi connectivity index (χ0) is 14.1. The molecule has 0 saturated heterocycles. The summed E-state index contributed by atoms with van der Waals surface area (Å²) in [6.45, 7) is 2.64. The van der Waals surface area contributed by atoms with Crippen molar-refractivity contribution in [2.45, 2.75) is 19.4 Å². The third-order valence-corrected chi connectivity index (χ3v) is 3.96. The van der Waals surface area contributed by atoms with Gasteiger partial charge in [0.15, 0.2) is 0 Å². The molecule has 2 aromatic rings. The number of halogens is 2. The smallest absolute Gasteiger partial charge is 0.123 e. The van der Waals surface area contributed by atoms with Crippen molar-refractivity contribution in [2.24, 2.45) is 0 Å². The number of ether oxygens (including phenoxy) is 1. The fourth-order valence-corrected chi connectivity index (χ4v) is 2.60. The number of rotatable bonds is 3. The molecule has 0 aliphatic carbocycles. The summed E-state index contributed by atoms with van der Waals surface area (Å²) in [7, 11) is 0. The quantitative estimate of drug-likeness (QED) is 0.915. The van der Waals surface area contributed by atoms with Crippen molar-refractivity contribution >= 4 is 17.3 Å². The molecular formula is C16H15ClFNO. The summed E-state index contributed by atoms with van der Waals surface area (Å²) >= 11 is 6.09. The third-order valence-electron chi connectivity index (χ3n) is 3.55. The average Bonchev–Trinajstić information content (AvgIpc) is 2.82. The normalized spacial score (nSPS) is 16.6. The lowest BCUT2D eigenvalue weighted by molar-refractivity contribution is 0.246. The van der Waals surface area contributed by atoms with Crippen LogP contribution in [-0.2, 0) is 6.42 Å². The molecule has 20 heavy (non-hydrogen) atoms. The van der Waals surface area contributed by atoms with Gasteiger partial charge in [0, 0.05) is 22.7 Å². The summed E-state index contributed by atoms with van der Waals surface area (Å²) in [4.78, 5) is 0. The molecule has 0 spiro atoms. The molecule has 1 aliphatic rings. The maximum absolute atomic E-state index is 13.2. The van der Waals surface area contributed by atoms with Gasteiger partial charge < -0.3 is 10.1 Å². The van der Waals surface area contributed by atoms with Gasteiger partial charge in [0.1, 0.15) is 17.7 Å². The fourth-order valence-electron chi connectivity index (χ4n) is 2.43. The SMILES string of the molecule is Cc1c(Cl)cccc1NCC1Cc2cc(F)ccc2O1. The monoisotopic (exact) mass is 291 g/mol. The number of anilines is 1. The Hall–Kier alpha value is -1.74. The minimum Gasteiger partial charge on any atom is -0.488 e.